The van der Waals surface area contributed by atoms with Gasteiger partial charge in [-0.25, -0.2) is 4.98 Å². The highest BCUT2D eigenvalue weighted by Gasteiger charge is 2.24. The molecule has 0 saturated carbocycles. The summed E-state index contributed by atoms with van der Waals surface area (Å²) in [7, 11) is 0. The Kier molecular flexibility index (Phi) is 2.26. The van der Waals surface area contributed by atoms with Crippen molar-refractivity contribution in [2.45, 2.75) is 25.4 Å². The first-order valence-electron chi connectivity index (χ1n) is 5.30. The second-order valence-electron chi connectivity index (χ2n) is 4.06. The lowest BCUT2D eigenvalue weighted by Gasteiger charge is -2.21. The minimum atomic E-state index is 0.173. The third kappa shape index (κ3) is 1.45. The van der Waals surface area contributed by atoms with E-state index in [0.717, 1.165) is 36.7 Å². The maximum Gasteiger partial charge on any atom is 0.177 e. The Morgan fingerprint density at radius 3 is 3.19 bits per heavy atom. The molecule has 4 nitrogen and oxygen atoms in total. The Balaban J connectivity index is 2.13. The largest absolute Gasteiger partial charge is 0.461 e. The van der Waals surface area contributed by atoms with Gasteiger partial charge in [0.05, 0.1) is 12.0 Å². The zero-order valence-corrected chi connectivity index (χ0v) is 9.44. The molecule has 2 aromatic rings. The van der Waals surface area contributed by atoms with E-state index in [-0.39, 0.29) is 6.04 Å². The molecule has 0 aromatic carbocycles. The fourth-order valence-electron chi connectivity index (χ4n) is 2.13. The van der Waals surface area contributed by atoms with Crippen molar-refractivity contribution in [3.05, 3.63) is 29.2 Å². The lowest BCUT2D eigenvalue weighted by molar-refractivity contribution is 0.458. The number of nitrogens with zero attached hydrogens (tertiary/aromatic N) is 2. The minimum absolute atomic E-state index is 0.173. The summed E-state index contributed by atoms with van der Waals surface area (Å²) >= 11 is 6.11. The molecule has 2 N–H and O–H groups in total. The van der Waals surface area contributed by atoms with Crippen molar-refractivity contribution in [3.8, 4) is 11.6 Å². The van der Waals surface area contributed by atoms with E-state index in [2.05, 4.69) is 9.55 Å². The van der Waals surface area contributed by atoms with Crippen molar-refractivity contribution in [1.29, 1.82) is 0 Å². The fourth-order valence-corrected chi connectivity index (χ4v) is 2.41. The lowest BCUT2D eigenvalue weighted by Crippen LogP contribution is -2.32. The molecular weight excluding hydrogens is 226 g/mol. The van der Waals surface area contributed by atoms with Crippen LogP contribution in [-0.4, -0.2) is 15.6 Å². The number of aromatic nitrogens is 2. The average Bonchev–Trinajstić information content (AvgIpc) is 2.86. The quantitative estimate of drug-likeness (QED) is 0.826. The van der Waals surface area contributed by atoms with E-state index < -0.39 is 0 Å². The summed E-state index contributed by atoms with van der Waals surface area (Å²) in [4.78, 5) is 4.35. The van der Waals surface area contributed by atoms with Crippen molar-refractivity contribution >= 4 is 11.6 Å². The second kappa shape index (κ2) is 3.64. The van der Waals surface area contributed by atoms with Gasteiger partial charge in [0.15, 0.2) is 16.7 Å². The van der Waals surface area contributed by atoms with E-state index in [9.17, 15) is 0 Å². The Morgan fingerprint density at radius 2 is 2.44 bits per heavy atom. The molecule has 1 unspecified atom stereocenters. The van der Waals surface area contributed by atoms with Crippen molar-refractivity contribution < 1.29 is 4.42 Å². The summed E-state index contributed by atoms with van der Waals surface area (Å²) in [5.74, 6) is 1.52. The summed E-state index contributed by atoms with van der Waals surface area (Å²) in [6.07, 6.45) is 3.48. The van der Waals surface area contributed by atoms with Gasteiger partial charge in [0.1, 0.15) is 0 Å². The predicted octanol–water partition coefficient (Wildman–Crippen LogP) is 2.07. The fraction of sp³-hybridized carbons (Fsp3) is 0.364. The normalized spacial score (nSPS) is 19.8. The van der Waals surface area contributed by atoms with Crippen LogP contribution in [-0.2, 0) is 13.0 Å². The van der Waals surface area contributed by atoms with Gasteiger partial charge in [0.25, 0.3) is 0 Å². The molecule has 1 aliphatic rings. The summed E-state index contributed by atoms with van der Waals surface area (Å²) in [5.41, 5.74) is 7.02. The smallest absolute Gasteiger partial charge is 0.177 e. The number of fused-ring (bicyclic) bond motifs is 1. The monoisotopic (exact) mass is 237 g/mol. The minimum Gasteiger partial charge on any atom is -0.461 e. The molecule has 0 bridgehead atoms. The zero-order chi connectivity index (χ0) is 11.1. The predicted molar refractivity (Wildman–Crippen MR) is 61.2 cm³/mol. The van der Waals surface area contributed by atoms with Crippen LogP contribution in [0.4, 0.5) is 0 Å². The molecule has 1 atom stereocenters. The van der Waals surface area contributed by atoms with Crippen LogP contribution in [0.5, 0.6) is 0 Å². The number of nitrogens with two attached hydrogens (primary N) is 1. The Morgan fingerprint density at radius 1 is 1.56 bits per heavy atom. The summed E-state index contributed by atoms with van der Waals surface area (Å²) in [6.45, 7) is 0.755. The van der Waals surface area contributed by atoms with Gasteiger partial charge in [-0.2, -0.15) is 0 Å². The molecule has 0 amide bonds. The standard InChI is InChI=1S/C11H12ClN3O/c12-10-8-4-3-7(13)6-15(8)11(14-10)9-2-1-5-16-9/h1-2,5,7H,3-4,6,13H2. The number of halogens is 1. The summed E-state index contributed by atoms with van der Waals surface area (Å²) < 4.78 is 7.42. The summed E-state index contributed by atoms with van der Waals surface area (Å²) in [6, 6.07) is 3.89. The van der Waals surface area contributed by atoms with E-state index in [1.807, 2.05) is 12.1 Å². The molecule has 0 saturated heterocycles. The number of rotatable bonds is 1. The van der Waals surface area contributed by atoms with Crippen molar-refractivity contribution in [2.75, 3.05) is 0 Å². The average molecular weight is 238 g/mol. The molecule has 0 fully saturated rings. The van der Waals surface area contributed by atoms with Crippen LogP contribution in [0.2, 0.25) is 5.15 Å². The Hall–Kier alpha value is -1.26. The van der Waals surface area contributed by atoms with Crippen molar-refractivity contribution in [3.63, 3.8) is 0 Å². The van der Waals surface area contributed by atoms with Gasteiger partial charge in [0.2, 0.25) is 0 Å². The van der Waals surface area contributed by atoms with Crippen molar-refractivity contribution in [1.82, 2.24) is 9.55 Å². The van der Waals surface area contributed by atoms with E-state index in [1.54, 1.807) is 6.26 Å². The first kappa shape index (κ1) is 9.93. The van der Waals surface area contributed by atoms with Gasteiger partial charge in [-0.1, -0.05) is 11.6 Å². The topological polar surface area (TPSA) is 57.0 Å². The number of imidazole rings is 1. The van der Waals surface area contributed by atoms with Crippen LogP contribution in [0.3, 0.4) is 0 Å². The number of furan rings is 1. The highest BCUT2D eigenvalue weighted by molar-refractivity contribution is 6.30. The molecule has 16 heavy (non-hydrogen) atoms. The third-order valence-electron chi connectivity index (χ3n) is 2.93. The maximum absolute atomic E-state index is 6.11. The molecule has 3 heterocycles. The molecular formula is C11H12ClN3O. The second-order valence-corrected chi connectivity index (χ2v) is 4.42. The lowest BCUT2D eigenvalue weighted by atomic mass is 10.1. The van der Waals surface area contributed by atoms with E-state index in [4.69, 9.17) is 21.8 Å². The van der Waals surface area contributed by atoms with Gasteiger partial charge in [0, 0.05) is 12.6 Å². The number of hydrogen-bond acceptors (Lipinski definition) is 3. The first-order chi connectivity index (χ1) is 7.75. The van der Waals surface area contributed by atoms with Crippen molar-refractivity contribution in [2.24, 2.45) is 5.73 Å². The molecule has 5 heteroatoms. The molecule has 0 spiro atoms. The zero-order valence-electron chi connectivity index (χ0n) is 8.69. The highest BCUT2D eigenvalue weighted by Crippen LogP contribution is 2.29. The van der Waals surface area contributed by atoms with Gasteiger partial charge in [-0.05, 0) is 25.0 Å². The summed E-state index contributed by atoms with van der Waals surface area (Å²) in [5, 5.41) is 0.568. The van der Waals surface area contributed by atoms with Crippen LogP contribution in [0, 0.1) is 0 Å². The van der Waals surface area contributed by atoms with E-state index >= 15 is 0 Å². The molecule has 0 radical (unpaired) electrons. The SMILES string of the molecule is NC1CCc2c(Cl)nc(-c3ccco3)n2C1. The van der Waals surface area contributed by atoms with Gasteiger partial charge in [-0.15, -0.1) is 0 Å². The Labute approximate surface area is 98.0 Å². The van der Waals surface area contributed by atoms with Crippen LogP contribution >= 0.6 is 11.6 Å². The third-order valence-corrected chi connectivity index (χ3v) is 3.24. The van der Waals surface area contributed by atoms with Crippen LogP contribution in [0.15, 0.2) is 22.8 Å². The van der Waals surface area contributed by atoms with Crippen LogP contribution in [0.25, 0.3) is 11.6 Å². The first-order valence-corrected chi connectivity index (χ1v) is 5.68. The van der Waals surface area contributed by atoms with Gasteiger partial charge in [-0.3, -0.25) is 0 Å². The maximum atomic E-state index is 6.11. The van der Waals surface area contributed by atoms with E-state index in [0.29, 0.717) is 5.15 Å². The molecule has 2 aromatic heterocycles. The van der Waals surface area contributed by atoms with Gasteiger partial charge >= 0.3 is 0 Å². The number of hydrogen-bond donors (Lipinski definition) is 1. The molecule has 0 aliphatic carbocycles. The highest BCUT2D eigenvalue weighted by atomic mass is 35.5. The van der Waals surface area contributed by atoms with Crippen LogP contribution < -0.4 is 5.73 Å². The molecule has 3 rings (SSSR count). The van der Waals surface area contributed by atoms with Crippen LogP contribution in [0.1, 0.15) is 12.1 Å². The molecule has 1 aliphatic heterocycles. The molecule has 84 valence electrons. The van der Waals surface area contributed by atoms with E-state index in [1.165, 1.54) is 0 Å². The van der Waals surface area contributed by atoms with Gasteiger partial charge < -0.3 is 14.7 Å². The Bertz CT molecular complexity index is 504.